The number of para-hydroxylation sites is 7. The zero-order valence-corrected chi connectivity index (χ0v) is 45.9. The first kappa shape index (κ1) is 46.9. The molecular weight excluding hydrogens is 1030 g/mol. The summed E-state index contributed by atoms with van der Waals surface area (Å²) >= 11 is 0. The van der Waals surface area contributed by atoms with Gasteiger partial charge < -0.3 is 9.13 Å². The topological polar surface area (TPSA) is 58.4 Å². The van der Waals surface area contributed by atoms with Crippen LogP contribution < -0.4 is 20.7 Å². The third kappa shape index (κ3) is 7.00. The second-order valence-electron chi connectivity index (χ2n) is 21.5. The molecule has 0 bridgehead atoms. The Morgan fingerprint density at radius 3 is 1.10 bits per heavy atom. The van der Waals surface area contributed by atoms with Crippen molar-refractivity contribution in [2.75, 3.05) is 0 Å². The van der Waals surface area contributed by atoms with E-state index in [0.29, 0.717) is 17.7 Å². The van der Waals surface area contributed by atoms with Crippen molar-refractivity contribution in [1.29, 1.82) is 0 Å². The van der Waals surface area contributed by atoms with Gasteiger partial charge in [0.25, 0.3) is 0 Å². The minimum absolute atomic E-state index is 0.519. The predicted molar refractivity (Wildman–Crippen MR) is 346 cm³/mol. The fourth-order valence-corrected chi connectivity index (χ4v) is 18.4. The van der Waals surface area contributed by atoms with Crippen LogP contribution in [0, 0.1) is 0 Å². The van der Waals surface area contributed by atoms with Gasteiger partial charge in [0.05, 0.1) is 49.8 Å². The van der Waals surface area contributed by atoms with Crippen molar-refractivity contribution < 1.29 is 0 Å². The SMILES string of the molecule is c1ccc([Si](c2ccccc2)(c2ccccc2)c2ccc(-c3nc(-n4c5ccccc5c5ccccc54)nc(-n4c5ccccc5c5cccc(-n6c7ccccc7c7cc(-n8c9ccccc9c9ccccc98)ccc76)c54)n3)cc2)cc1. The van der Waals surface area contributed by atoms with Gasteiger partial charge in [0.15, 0.2) is 13.9 Å². The normalized spacial score (nSPS) is 12.1. The van der Waals surface area contributed by atoms with Crippen LogP contribution in [0.4, 0.5) is 0 Å². The molecule has 0 radical (unpaired) electrons. The summed E-state index contributed by atoms with van der Waals surface area (Å²) in [6, 6.07) is 108. The van der Waals surface area contributed by atoms with Gasteiger partial charge in [0.1, 0.15) is 0 Å². The summed E-state index contributed by atoms with van der Waals surface area (Å²) in [7, 11) is -2.83. The molecule has 0 N–H and O–H groups in total. The summed E-state index contributed by atoms with van der Waals surface area (Å²) in [6.07, 6.45) is 0. The van der Waals surface area contributed by atoms with Crippen molar-refractivity contribution >= 4 is 116 Å². The van der Waals surface area contributed by atoms with Gasteiger partial charge in [-0.05, 0) is 81.4 Å². The lowest BCUT2D eigenvalue weighted by Gasteiger charge is -2.34. The zero-order valence-electron chi connectivity index (χ0n) is 44.9. The number of nitrogens with zero attached hydrogens (tertiary/aromatic N) is 7. The van der Waals surface area contributed by atoms with Crippen LogP contribution in [0.25, 0.3) is 122 Å². The molecule has 12 aromatic carbocycles. The number of benzene rings is 12. The van der Waals surface area contributed by atoms with Crippen LogP contribution in [-0.2, 0) is 0 Å². The maximum absolute atomic E-state index is 5.66. The van der Waals surface area contributed by atoms with Crippen LogP contribution >= 0.6 is 0 Å². The van der Waals surface area contributed by atoms with E-state index >= 15 is 0 Å². The van der Waals surface area contributed by atoms with E-state index < -0.39 is 8.07 Å². The van der Waals surface area contributed by atoms with Gasteiger partial charge in [-0.1, -0.05) is 237 Å². The highest BCUT2D eigenvalue weighted by molar-refractivity contribution is 7.19. The summed E-state index contributed by atoms with van der Waals surface area (Å²) < 4.78 is 9.34. The summed E-state index contributed by atoms with van der Waals surface area (Å²) in [4.78, 5) is 16.8. The Kier molecular flexibility index (Phi) is 10.5. The van der Waals surface area contributed by atoms with Crippen LogP contribution in [0.5, 0.6) is 0 Å². The van der Waals surface area contributed by atoms with Crippen LogP contribution in [-0.4, -0.2) is 41.3 Å². The van der Waals surface area contributed by atoms with Gasteiger partial charge in [-0.3, -0.25) is 9.13 Å². The third-order valence-electron chi connectivity index (χ3n) is 17.2. The van der Waals surface area contributed by atoms with Crippen LogP contribution in [0.15, 0.2) is 297 Å². The molecule has 17 rings (SSSR count). The van der Waals surface area contributed by atoms with E-state index in [-0.39, 0.29) is 0 Å². The van der Waals surface area contributed by atoms with E-state index in [1.165, 1.54) is 47.9 Å². The highest BCUT2D eigenvalue weighted by atomic mass is 28.3. The Morgan fingerprint density at radius 2 is 0.602 bits per heavy atom. The largest absolute Gasteiger partial charge is 0.309 e. The van der Waals surface area contributed by atoms with E-state index in [0.717, 1.165) is 77.0 Å². The Labute approximate surface area is 478 Å². The fourth-order valence-electron chi connectivity index (χ4n) is 13.7. The van der Waals surface area contributed by atoms with Gasteiger partial charge >= 0.3 is 0 Å². The lowest BCUT2D eigenvalue weighted by Crippen LogP contribution is -2.74. The highest BCUT2D eigenvalue weighted by Gasteiger charge is 2.41. The molecule has 0 spiro atoms. The highest BCUT2D eigenvalue weighted by Crippen LogP contribution is 2.42. The summed E-state index contributed by atoms with van der Waals surface area (Å²) in [5.74, 6) is 1.62. The predicted octanol–water partition coefficient (Wildman–Crippen LogP) is 15.3. The molecule has 388 valence electrons. The monoisotopic (exact) mass is 1080 g/mol. The van der Waals surface area contributed by atoms with Gasteiger partial charge in [-0.15, -0.1) is 0 Å². The molecular formula is C75H49N7Si. The number of rotatable bonds is 9. The molecule has 8 heteroatoms. The minimum Gasteiger partial charge on any atom is -0.309 e. The molecule has 5 aromatic heterocycles. The van der Waals surface area contributed by atoms with Crippen molar-refractivity contribution in [3.8, 4) is 34.7 Å². The fraction of sp³-hybridized carbons (Fsp3) is 0. The average Bonchev–Trinajstić information content (AvgIpc) is 2.84. The maximum Gasteiger partial charge on any atom is 0.240 e. The molecule has 5 heterocycles. The maximum atomic E-state index is 5.66. The van der Waals surface area contributed by atoms with Gasteiger partial charge in [0, 0.05) is 54.3 Å². The lowest BCUT2D eigenvalue weighted by molar-refractivity contribution is 0.891. The second-order valence-corrected chi connectivity index (χ2v) is 25.3. The molecule has 0 saturated carbocycles. The first-order valence-corrected chi connectivity index (χ1v) is 30.3. The molecule has 0 fully saturated rings. The molecule has 0 atom stereocenters. The Morgan fingerprint density at radius 1 is 0.241 bits per heavy atom. The molecule has 0 aliphatic carbocycles. The average molecular weight is 1080 g/mol. The van der Waals surface area contributed by atoms with Crippen molar-refractivity contribution in [1.82, 2.24) is 33.2 Å². The summed E-state index contributed by atoms with van der Waals surface area (Å²) in [5.41, 5.74) is 11.6. The molecule has 0 aliphatic heterocycles. The van der Waals surface area contributed by atoms with Crippen molar-refractivity contribution in [2.24, 2.45) is 0 Å². The number of fused-ring (bicyclic) bond motifs is 12. The zero-order chi connectivity index (χ0) is 54.6. The standard InChI is InChI=1S/C75H49N7Si/c1-4-23-52(24-5-1)83(53-25-6-2-7-26-53,54-27-8-3-9-28-54)55-46-43-50(44-47-55)73-76-74(81-67-39-19-12-31-58(67)59-32-13-20-40-68(59)81)78-75(77-73)82-69-41-21-14-33-60(69)62-35-22-42-71(72(62)82)80-66-38-18-15-34-61(66)63-49-51(45-48-70(63)80)79-64-36-16-10-29-56(64)57-30-11-17-37-65(57)79/h1-49H. The lowest BCUT2D eigenvalue weighted by atomic mass is 10.1. The quantitative estimate of drug-likeness (QED) is 0.107. The Balaban J connectivity index is 0.920. The molecule has 83 heavy (non-hydrogen) atoms. The van der Waals surface area contributed by atoms with E-state index in [2.05, 4.69) is 316 Å². The van der Waals surface area contributed by atoms with Crippen LogP contribution in [0.1, 0.15) is 0 Å². The molecule has 17 aromatic rings. The smallest absolute Gasteiger partial charge is 0.240 e. The minimum atomic E-state index is -2.83. The number of hydrogen-bond donors (Lipinski definition) is 0. The van der Waals surface area contributed by atoms with Gasteiger partial charge in [0.2, 0.25) is 11.9 Å². The molecule has 7 nitrogen and oxygen atoms in total. The molecule has 0 aliphatic rings. The van der Waals surface area contributed by atoms with Crippen molar-refractivity contribution in [2.45, 2.75) is 0 Å². The number of hydrogen-bond acceptors (Lipinski definition) is 3. The van der Waals surface area contributed by atoms with Crippen molar-refractivity contribution in [3.63, 3.8) is 0 Å². The van der Waals surface area contributed by atoms with Gasteiger partial charge in [-0.25, -0.2) is 0 Å². The first-order valence-electron chi connectivity index (χ1n) is 28.3. The van der Waals surface area contributed by atoms with Gasteiger partial charge in [-0.2, -0.15) is 15.0 Å². The first-order chi connectivity index (χ1) is 41.2. The Hall–Kier alpha value is -10.9. The third-order valence-corrected chi connectivity index (χ3v) is 22.0. The van der Waals surface area contributed by atoms with E-state index in [1.807, 2.05) is 0 Å². The van der Waals surface area contributed by atoms with E-state index in [9.17, 15) is 0 Å². The molecule has 0 saturated heterocycles. The second kappa shape index (κ2) is 18.6. The molecule has 0 unspecified atom stereocenters. The molecule has 0 amide bonds. The summed E-state index contributed by atoms with van der Waals surface area (Å²) in [6.45, 7) is 0. The summed E-state index contributed by atoms with van der Waals surface area (Å²) in [5, 5.41) is 14.5. The van der Waals surface area contributed by atoms with Crippen molar-refractivity contribution in [3.05, 3.63) is 297 Å². The van der Waals surface area contributed by atoms with Crippen LogP contribution in [0.2, 0.25) is 0 Å². The van der Waals surface area contributed by atoms with E-state index in [4.69, 9.17) is 15.0 Å². The Bertz CT molecular complexity index is 5180. The van der Waals surface area contributed by atoms with E-state index in [1.54, 1.807) is 0 Å². The van der Waals surface area contributed by atoms with Crippen LogP contribution in [0.3, 0.4) is 0 Å². The number of aromatic nitrogens is 7.